The van der Waals surface area contributed by atoms with Crippen molar-refractivity contribution in [1.29, 1.82) is 0 Å². The number of hydrogen-bond donors (Lipinski definition) is 0. The van der Waals surface area contributed by atoms with Crippen LogP contribution in [-0.4, -0.2) is 37.2 Å². The van der Waals surface area contributed by atoms with E-state index >= 15 is 0 Å². The summed E-state index contributed by atoms with van der Waals surface area (Å²) in [6.07, 6.45) is 2.73. The maximum Gasteiger partial charge on any atom is 0.0700 e. The largest absolute Gasteiger partial charge is 0.376 e. The molecule has 2 rings (SSSR count). The van der Waals surface area contributed by atoms with Gasteiger partial charge in [-0.2, -0.15) is 0 Å². The van der Waals surface area contributed by atoms with E-state index in [9.17, 15) is 0 Å². The maximum absolute atomic E-state index is 5.67. The zero-order chi connectivity index (χ0) is 11.2. The van der Waals surface area contributed by atoms with Gasteiger partial charge >= 0.3 is 0 Å². The molecule has 1 aliphatic rings. The predicted molar refractivity (Wildman–Crippen MR) is 66.6 cm³/mol. The van der Waals surface area contributed by atoms with E-state index in [1.807, 2.05) is 0 Å². The lowest BCUT2D eigenvalue weighted by Gasteiger charge is -2.32. The molecule has 1 aromatic carbocycles. The summed E-state index contributed by atoms with van der Waals surface area (Å²) in [6, 6.07) is 10.7. The quantitative estimate of drug-likeness (QED) is 0.770. The van der Waals surface area contributed by atoms with E-state index in [1.165, 1.54) is 5.56 Å². The first kappa shape index (κ1) is 11.6. The minimum Gasteiger partial charge on any atom is -0.376 e. The minimum atomic E-state index is 0.449. The van der Waals surface area contributed by atoms with Crippen molar-refractivity contribution in [2.75, 3.05) is 26.2 Å². The Hall–Kier alpha value is -0.860. The molecule has 1 fully saturated rings. The molecule has 0 amide bonds. The third kappa shape index (κ3) is 3.32. The Kier molecular flexibility index (Phi) is 4.37. The zero-order valence-electron chi connectivity index (χ0n) is 10.1. The zero-order valence-corrected chi connectivity index (χ0v) is 10.1. The highest BCUT2D eigenvalue weighted by atomic mass is 16.5. The first-order valence-electron chi connectivity index (χ1n) is 6.26. The van der Waals surface area contributed by atoms with Crippen LogP contribution in [0.1, 0.15) is 18.9 Å². The van der Waals surface area contributed by atoms with Gasteiger partial charge in [-0.3, -0.25) is 4.90 Å². The van der Waals surface area contributed by atoms with Gasteiger partial charge in [0.25, 0.3) is 0 Å². The van der Waals surface area contributed by atoms with Crippen molar-refractivity contribution >= 4 is 0 Å². The van der Waals surface area contributed by atoms with E-state index < -0.39 is 0 Å². The molecular formula is C14H21NO. The monoisotopic (exact) mass is 219 g/mol. The van der Waals surface area contributed by atoms with E-state index in [-0.39, 0.29) is 0 Å². The Labute approximate surface area is 98.2 Å². The highest BCUT2D eigenvalue weighted by Crippen LogP contribution is 2.09. The molecule has 88 valence electrons. The normalized spacial score (nSPS) is 22.2. The molecular weight excluding hydrogens is 198 g/mol. The molecule has 0 aliphatic carbocycles. The van der Waals surface area contributed by atoms with Crippen molar-refractivity contribution in [3.05, 3.63) is 35.9 Å². The Morgan fingerprint density at radius 3 is 2.88 bits per heavy atom. The van der Waals surface area contributed by atoms with Gasteiger partial charge in [0.1, 0.15) is 0 Å². The van der Waals surface area contributed by atoms with Crippen molar-refractivity contribution < 1.29 is 4.74 Å². The van der Waals surface area contributed by atoms with Crippen molar-refractivity contribution in [2.24, 2.45) is 0 Å². The first-order valence-corrected chi connectivity index (χ1v) is 6.26. The van der Waals surface area contributed by atoms with E-state index in [4.69, 9.17) is 4.74 Å². The summed E-state index contributed by atoms with van der Waals surface area (Å²) >= 11 is 0. The Morgan fingerprint density at radius 2 is 2.12 bits per heavy atom. The Bertz CT molecular complexity index is 299. The van der Waals surface area contributed by atoms with E-state index in [1.54, 1.807) is 0 Å². The second-order valence-electron chi connectivity index (χ2n) is 4.44. The summed E-state index contributed by atoms with van der Waals surface area (Å²) in [5.74, 6) is 0. The molecule has 1 unspecified atom stereocenters. The molecule has 1 atom stereocenters. The van der Waals surface area contributed by atoms with Crippen LogP contribution in [0.4, 0.5) is 0 Å². The molecule has 1 saturated heterocycles. The number of benzene rings is 1. The van der Waals surface area contributed by atoms with Crippen LogP contribution in [0.2, 0.25) is 0 Å². The molecule has 0 bridgehead atoms. The van der Waals surface area contributed by atoms with Crippen LogP contribution in [0, 0.1) is 0 Å². The van der Waals surface area contributed by atoms with E-state index in [0.717, 1.165) is 39.1 Å². The average Bonchev–Trinajstić information content (AvgIpc) is 2.38. The van der Waals surface area contributed by atoms with Crippen LogP contribution < -0.4 is 0 Å². The number of hydrogen-bond acceptors (Lipinski definition) is 2. The highest BCUT2D eigenvalue weighted by Gasteiger charge is 2.18. The summed E-state index contributed by atoms with van der Waals surface area (Å²) < 4.78 is 5.67. The highest BCUT2D eigenvalue weighted by molar-refractivity contribution is 5.14. The minimum absolute atomic E-state index is 0.449. The molecule has 0 radical (unpaired) electrons. The second-order valence-corrected chi connectivity index (χ2v) is 4.44. The lowest BCUT2D eigenvalue weighted by molar-refractivity contribution is -0.0291. The number of morpholine rings is 1. The van der Waals surface area contributed by atoms with Crippen LogP contribution in [0.5, 0.6) is 0 Å². The third-order valence-corrected chi connectivity index (χ3v) is 3.24. The molecule has 0 N–H and O–H groups in total. The summed E-state index contributed by atoms with van der Waals surface area (Å²) in [6.45, 7) is 6.44. The van der Waals surface area contributed by atoms with Crippen LogP contribution >= 0.6 is 0 Å². The van der Waals surface area contributed by atoms with Gasteiger partial charge in [0, 0.05) is 19.6 Å². The Balaban J connectivity index is 1.77. The average molecular weight is 219 g/mol. The van der Waals surface area contributed by atoms with Gasteiger partial charge < -0.3 is 4.74 Å². The van der Waals surface area contributed by atoms with Gasteiger partial charge in [0.05, 0.1) is 12.7 Å². The Morgan fingerprint density at radius 1 is 1.31 bits per heavy atom. The van der Waals surface area contributed by atoms with Gasteiger partial charge in [-0.25, -0.2) is 0 Å². The standard InChI is InChI=1S/C14H21NO/c1-2-14-12-15(10-11-16-14)9-8-13-6-4-3-5-7-13/h3-7,14H,2,8-12H2,1H3. The van der Waals surface area contributed by atoms with E-state index in [0.29, 0.717) is 6.10 Å². The number of rotatable bonds is 4. The fraction of sp³-hybridized carbons (Fsp3) is 0.571. The van der Waals surface area contributed by atoms with Crippen molar-refractivity contribution in [1.82, 2.24) is 4.90 Å². The molecule has 1 aromatic rings. The molecule has 2 heteroatoms. The fourth-order valence-electron chi connectivity index (χ4n) is 2.16. The summed E-state index contributed by atoms with van der Waals surface area (Å²) in [5, 5.41) is 0. The smallest absolute Gasteiger partial charge is 0.0700 e. The first-order chi connectivity index (χ1) is 7.88. The predicted octanol–water partition coefficient (Wildman–Crippen LogP) is 2.34. The molecule has 16 heavy (non-hydrogen) atoms. The van der Waals surface area contributed by atoms with Crippen molar-refractivity contribution in [3.63, 3.8) is 0 Å². The molecule has 0 aromatic heterocycles. The summed E-state index contributed by atoms with van der Waals surface area (Å²) in [7, 11) is 0. The van der Waals surface area contributed by atoms with Gasteiger partial charge in [0.15, 0.2) is 0 Å². The molecule has 2 nitrogen and oxygen atoms in total. The van der Waals surface area contributed by atoms with Crippen LogP contribution in [0.3, 0.4) is 0 Å². The molecule has 0 spiro atoms. The van der Waals surface area contributed by atoms with Crippen molar-refractivity contribution in [2.45, 2.75) is 25.9 Å². The number of nitrogens with zero attached hydrogens (tertiary/aromatic N) is 1. The third-order valence-electron chi connectivity index (χ3n) is 3.24. The van der Waals surface area contributed by atoms with Gasteiger partial charge in [-0.1, -0.05) is 37.3 Å². The lowest BCUT2D eigenvalue weighted by atomic mass is 10.1. The number of ether oxygens (including phenoxy) is 1. The topological polar surface area (TPSA) is 12.5 Å². The van der Waals surface area contributed by atoms with E-state index in [2.05, 4.69) is 42.2 Å². The molecule has 1 heterocycles. The van der Waals surface area contributed by atoms with Crippen LogP contribution in [0.25, 0.3) is 0 Å². The van der Waals surface area contributed by atoms with Gasteiger partial charge in [-0.05, 0) is 18.4 Å². The molecule has 1 aliphatic heterocycles. The summed E-state index contributed by atoms with van der Waals surface area (Å²) in [4.78, 5) is 2.52. The van der Waals surface area contributed by atoms with Crippen molar-refractivity contribution in [3.8, 4) is 0 Å². The lowest BCUT2D eigenvalue weighted by Crippen LogP contribution is -2.42. The second kappa shape index (κ2) is 6.02. The maximum atomic E-state index is 5.67. The van der Waals surface area contributed by atoms with Gasteiger partial charge in [0.2, 0.25) is 0 Å². The summed E-state index contributed by atoms with van der Waals surface area (Å²) in [5.41, 5.74) is 1.43. The van der Waals surface area contributed by atoms with Gasteiger partial charge in [-0.15, -0.1) is 0 Å². The molecule has 0 saturated carbocycles. The van der Waals surface area contributed by atoms with Crippen LogP contribution in [-0.2, 0) is 11.2 Å². The SMILES string of the molecule is CCC1CN(CCc2ccccc2)CCO1. The van der Waals surface area contributed by atoms with Crippen LogP contribution in [0.15, 0.2) is 30.3 Å². The fourth-order valence-corrected chi connectivity index (χ4v) is 2.16.